The van der Waals surface area contributed by atoms with Gasteiger partial charge >= 0.3 is 0 Å². The molecular formula is C26H39ClN4O4. The number of nitrogens with two attached hydrogens (primary N) is 1. The molecule has 2 aliphatic heterocycles. The number of halogens is 1. The Kier molecular flexibility index (Phi) is 8.50. The van der Waals surface area contributed by atoms with Crippen molar-refractivity contribution in [3.63, 3.8) is 0 Å². The highest BCUT2D eigenvalue weighted by Gasteiger charge is 2.50. The van der Waals surface area contributed by atoms with E-state index in [0.29, 0.717) is 50.5 Å². The van der Waals surface area contributed by atoms with E-state index >= 15 is 0 Å². The van der Waals surface area contributed by atoms with Crippen LogP contribution in [0.3, 0.4) is 0 Å². The number of rotatable bonds is 7. The molecule has 2 atom stereocenters. The summed E-state index contributed by atoms with van der Waals surface area (Å²) in [6, 6.07) is 6.56. The van der Waals surface area contributed by atoms with Gasteiger partial charge in [-0.25, -0.2) is 0 Å². The van der Waals surface area contributed by atoms with Crippen LogP contribution in [-0.4, -0.2) is 71.4 Å². The van der Waals surface area contributed by atoms with E-state index in [9.17, 15) is 19.5 Å². The van der Waals surface area contributed by atoms with Crippen LogP contribution in [0.25, 0.3) is 0 Å². The minimum Gasteiger partial charge on any atom is -0.384 e. The van der Waals surface area contributed by atoms with Gasteiger partial charge in [0.2, 0.25) is 17.7 Å². The SMILES string of the molecule is CC(C)[C@@H](NC(=O)CN1CCC(C(N)=O)CC1)C(=O)N1CC[C@](O)(c2ccc(Cl)cc2)C(C)(C)C1. The van der Waals surface area contributed by atoms with Crippen molar-refractivity contribution in [1.29, 1.82) is 0 Å². The highest BCUT2D eigenvalue weighted by molar-refractivity contribution is 6.30. The van der Waals surface area contributed by atoms with Crippen LogP contribution >= 0.6 is 11.6 Å². The zero-order valence-electron chi connectivity index (χ0n) is 21.2. The van der Waals surface area contributed by atoms with Crippen molar-refractivity contribution in [3.8, 4) is 0 Å². The number of hydrogen-bond donors (Lipinski definition) is 3. The molecule has 0 radical (unpaired) electrons. The van der Waals surface area contributed by atoms with Gasteiger partial charge < -0.3 is 21.1 Å². The smallest absolute Gasteiger partial charge is 0.245 e. The van der Waals surface area contributed by atoms with Crippen molar-refractivity contribution in [3.05, 3.63) is 34.9 Å². The van der Waals surface area contributed by atoms with Crippen molar-refractivity contribution < 1.29 is 19.5 Å². The number of hydrogen-bond acceptors (Lipinski definition) is 5. The molecule has 1 aromatic rings. The van der Waals surface area contributed by atoms with Crippen molar-refractivity contribution in [2.45, 2.75) is 58.6 Å². The minimum atomic E-state index is -1.10. The number of nitrogens with zero attached hydrogens (tertiary/aromatic N) is 2. The summed E-state index contributed by atoms with van der Waals surface area (Å²) >= 11 is 6.03. The third-order valence-corrected chi connectivity index (χ3v) is 7.94. The van der Waals surface area contributed by atoms with Crippen molar-refractivity contribution in [2.75, 3.05) is 32.7 Å². The van der Waals surface area contributed by atoms with E-state index in [4.69, 9.17) is 17.3 Å². The molecule has 3 rings (SSSR count). The molecule has 0 aliphatic carbocycles. The summed E-state index contributed by atoms with van der Waals surface area (Å²) in [5.41, 5.74) is 4.48. The van der Waals surface area contributed by atoms with Crippen molar-refractivity contribution >= 4 is 29.3 Å². The Hall–Kier alpha value is -2.16. The van der Waals surface area contributed by atoms with Gasteiger partial charge in [-0.3, -0.25) is 19.3 Å². The van der Waals surface area contributed by atoms with Crippen LogP contribution < -0.4 is 11.1 Å². The number of benzene rings is 1. The van der Waals surface area contributed by atoms with Gasteiger partial charge in [0.05, 0.1) is 12.1 Å². The summed E-state index contributed by atoms with van der Waals surface area (Å²) in [6.45, 7) is 9.95. The van der Waals surface area contributed by atoms with E-state index in [1.165, 1.54) is 0 Å². The van der Waals surface area contributed by atoms with Gasteiger partial charge in [0.25, 0.3) is 0 Å². The third-order valence-electron chi connectivity index (χ3n) is 7.69. The molecule has 8 nitrogen and oxygen atoms in total. The second-order valence-electron chi connectivity index (χ2n) is 11.0. The number of amides is 3. The fourth-order valence-electron chi connectivity index (χ4n) is 5.28. The van der Waals surface area contributed by atoms with Gasteiger partial charge in [-0.05, 0) is 56.0 Å². The first-order valence-corrected chi connectivity index (χ1v) is 12.8. The van der Waals surface area contributed by atoms with E-state index < -0.39 is 17.1 Å². The first-order chi connectivity index (χ1) is 16.3. The Morgan fingerprint density at radius 2 is 1.74 bits per heavy atom. The Balaban J connectivity index is 1.62. The maximum Gasteiger partial charge on any atom is 0.245 e. The van der Waals surface area contributed by atoms with Crippen LogP contribution in [-0.2, 0) is 20.0 Å². The fourth-order valence-corrected chi connectivity index (χ4v) is 5.40. The molecule has 0 unspecified atom stereocenters. The second kappa shape index (κ2) is 10.8. The van der Waals surface area contributed by atoms with Crippen molar-refractivity contribution in [1.82, 2.24) is 15.1 Å². The number of primary amides is 1. The molecule has 2 fully saturated rings. The Morgan fingerprint density at radius 3 is 2.26 bits per heavy atom. The lowest BCUT2D eigenvalue weighted by molar-refractivity contribution is -0.156. The summed E-state index contributed by atoms with van der Waals surface area (Å²) in [6.07, 6.45) is 1.68. The highest BCUT2D eigenvalue weighted by atomic mass is 35.5. The quantitative estimate of drug-likeness (QED) is 0.524. The molecule has 35 heavy (non-hydrogen) atoms. The van der Waals surface area contributed by atoms with Crippen LogP contribution in [0.2, 0.25) is 5.02 Å². The zero-order valence-corrected chi connectivity index (χ0v) is 22.0. The summed E-state index contributed by atoms with van der Waals surface area (Å²) in [5, 5.41) is 15.2. The first kappa shape index (κ1) is 27.4. The molecule has 0 spiro atoms. The number of piperidine rings is 2. The molecular weight excluding hydrogens is 468 g/mol. The van der Waals surface area contributed by atoms with E-state index in [1.54, 1.807) is 17.0 Å². The van der Waals surface area contributed by atoms with Gasteiger partial charge in [0, 0.05) is 29.4 Å². The maximum atomic E-state index is 13.5. The lowest BCUT2D eigenvalue weighted by Crippen LogP contribution is -2.61. The lowest BCUT2D eigenvalue weighted by Gasteiger charge is -2.51. The summed E-state index contributed by atoms with van der Waals surface area (Å²) in [5.74, 6) is -0.844. The molecule has 0 bridgehead atoms. The molecule has 2 saturated heterocycles. The molecule has 9 heteroatoms. The maximum absolute atomic E-state index is 13.5. The molecule has 194 valence electrons. The molecule has 3 amide bonds. The van der Waals surface area contributed by atoms with E-state index in [-0.39, 0.29) is 36.1 Å². The average molecular weight is 507 g/mol. The molecule has 2 heterocycles. The summed E-state index contributed by atoms with van der Waals surface area (Å²) < 4.78 is 0. The molecule has 2 aliphatic rings. The highest BCUT2D eigenvalue weighted by Crippen LogP contribution is 2.46. The van der Waals surface area contributed by atoms with Crippen LogP contribution in [0.5, 0.6) is 0 Å². The number of nitrogens with one attached hydrogen (secondary N) is 1. The Labute approximate surface area is 213 Å². The normalized spacial score (nSPS) is 24.3. The molecule has 4 N–H and O–H groups in total. The average Bonchev–Trinajstić information content (AvgIpc) is 2.79. The van der Waals surface area contributed by atoms with Crippen LogP contribution in [0.1, 0.15) is 52.5 Å². The standard InChI is InChI=1S/C26H39ClN4O4/c1-17(2)22(29-21(32)15-30-12-9-18(10-13-30)23(28)33)24(34)31-14-11-26(35,25(3,4)16-31)19-5-7-20(27)8-6-19/h5-8,17-18,22,35H,9-16H2,1-4H3,(H2,28,33)(H,29,32)/t22-,26+/m1/s1. The Bertz CT molecular complexity index is 928. The monoisotopic (exact) mass is 506 g/mol. The minimum absolute atomic E-state index is 0.0905. The summed E-state index contributed by atoms with van der Waals surface area (Å²) in [4.78, 5) is 41.4. The van der Waals surface area contributed by atoms with Crippen LogP contribution in [0.4, 0.5) is 0 Å². The third kappa shape index (κ3) is 6.16. The van der Waals surface area contributed by atoms with Gasteiger partial charge in [0.1, 0.15) is 6.04 Å². The molecule has 0 aromatic heterocycles. The van der Waals surface area contributed by atoms with Crippen LogP contribution in [0.15, 0.2) is 24.3 Å². The Morgan fingerprint density at radius 1 is 1.14 bits per heavy atom. The number of aliphatic hydroxyl groups is 1. The summed E-state index contributed by atoms with van der Waals surface area (Å²) in [7, 11) is 0. The van der Waals surface area contributed by atoms with Crippen LogP contribution in [0, 0.1) is 17.3 Å². The number of carbonyl (C=O) groups excluding carboxylic acids is 3. The van der Waals surface area contributed by atoms with Crippen molar-refractivity contribution in [2.24, 2.45) is 23.0 Å². The number of carbonyl (C=O) groups is 3. The predicted octanol–water partition coefficient (Wildman–Crippen LogP) is 2.12. The van der Waals surface area contributed by atoms with Gasteiger partial charge in [0.15, 0.2) is 0 Å². The van der Waals surface area contributed by atoms with Gasteiger partial charge in [-0.1, -0.05) is 51.4 Å². The van der Waals surface area contributed by atoms with E-state index in [0.717, 1.165) is 5.56 Å². The number of likely N-dealkylation sites (tertiary alicyclic amines) is 2. The van der Waals surface area contributed by atoms with Gasteiger partial charge in [-0.15, -0.1) is 0 Å². The van der Waals surface area contributed by atoms with E-state index in [2.05, 4.69) is 5.32 Å². The largest absolute Gasteiger partial charge is 0.384 e. The fraction of sp³-hybridized carbons (Fsp3) is 0.654. The lowest BCUT2D eigenvalue weighted by atomic mass is 9.66. The predicted molar refractivity (Wildman–Crippen MR) is 135 cm³/mol. The van der Waals surface area contributed by atoms with Gasteiger partial charge in [-0.2, -0.15) is 0 Å². The topological polar surface area (TPSA) is 116 Å². The van der Waals surface area contributed by atoms with E-state index in [1.807, 2.05) is 44.7 Å². The molecule has 0 saturated carbocycles. The molecule has 1 aromatic carbocycles. The zero-order chi connectivity index (χ0) is 26.0. The first-order valence-electron chi connectivity index (χ1n) is 12.4. The second-order valence-corrected chi connectivity index (χ2v) is 11.4.